The van der Waals surface area contributed by atoms with E-state index in [-0.39, 0.29) is 6.10 Å². The van der Waals surface area contributed by atoms with Gasteiger partial charge in [-0.1, -0.05) is 115 Å². The monoisotopic (exact) mass is 613 g/mol. The van der Waals surface area contributed by atoms with E-state index in [2.05, 4.69) is 136 Å². The molecule has 0 bridgehead atoms. The van der Waals surface area contributed by atoms with Crippen molar-refractivity contribution in [3.05, 3.63) is 167 Å². The molecule has 0 aromatic heterocycles. The molecule has 4 aromatic carbocycles. The van der Waals surface area contributed by atoms with Gasteiger partial charge in [0.2, 0.25) is 0 Å². The Morgan fingerprint density at radius 2 is 1.07 bits per heavy atom. The highest BCUT2D eigenvalue weighted by Crippen LogP contribution is 2.22. The first-order valence-corrected chi connectivity index (χ1v) is 16.8. The number of rotatable bonds is 6. The van der Waals surface area contributed by atoms with E-state index in [4.69, 9.17) is 9.47 Å². The van der Waals surface area contributed by atoms with Gasteiger partial charge >= 0.3 is 0 Å². The molecule has 0 fully saturated rings. The van der Waals surface area contributed by atoms with Crippen LogP contribution in [0.1, 0.15) is 40.7 Å². The van der Waals surface area contributed by atoms with Gasteiger partial charge in [-0.25, -0.2) is 0 Å². The van der Waals surface area contributed by atoms with Gasteiger partial charge in [-0.2, -0.15) is 0 Å². The number of allylic oxidation sites excluding steroid dienone is 1. The molecule has 0 N–H and O–H groups in total. The minimum absolute atomic E-state index is 0.124. The molecule has 2 heterocycles. The Morgan fingerprint density at radius 3 is 1.72 bits per heavy atom. The van der Waals surface area contributed by atoms with Crippen LogP contribution in [0.15, 0.2) is 140 Å². The van der Waals surface area contributed by atoms with E-state index in [0.29, 0.717) is 0 Å². The molecule has 5 heteroatoms. The van der Waals surface area contributed by atoms with E-state index in [1.807, 2.05) is 0 Å². The van der Waals surface area contributed by atoms with Crippen molar-refractivity contribution in [1.29, 1.82) is 0 Å². The molecular formula is C41H47N3O2. The van der Waals surface area contributed by atoms with Gasteiger partial charge in [-0.3, -0.25) is 14.7 Å². The van der Waals surface area contributed by atoms with Crippen molar-refractivity contribution >= 4 is 0 Å². The van der Waals surface area contributed by atoms with Crippen molar-refractivity contribution in [2.24, 2.45) is 0 Å². The Bertz CT molecular complexity index is 1520. The van der Waals surface area contributed by atoms with E-state index in [1.165, 1.54) is 27.8 Å². The third-order valence-corrected chi connectivity index (χ3v) is 8.96. The lowest BCUT2D eigenvalue weighted by atomic mass is 10.0. The van der Waals surface area contributed by atoms with Crippen LogP contribution >= 0.6 is 0 Å². The van der Waals surface area contributed by atoms with Gasteiger partial charge in [-0.15, -0.1) is 0 Å². The van der Waals surface area contributed by atoms with Crippen LogP contribution in [0.4, 0.5) is 0 Å². The molecule has 0 amide bonds. The van der Waals surface area contributed by atoms with Crippen molar-refractivity contribution in [1.82, 2.24) is 14.7 Å². The average molecular weight is 614 g/mol. The first-order valence-electron chi connectivity index (χ1n) is 16.8. The summed E-state index contributed by atoms with van der Waals surface area (Å²) in [4.78, 5) is 7.80. The number of hydrogen-bond donors (Lipinski definition) is 0. The van der Waals surface area contributed by atoms with Crippen molar-refractivity contribution in [3.63, 3.8) is 0 Å². The Morgan fingerprint density at radius 1 is 0.543 bits per heavy atom. The molecule has 5 nitrogen and oxygen atoms in total. The van der Waals surface area contributed by atoms with Crippen LogP contribution in [0.25, 0.3) is 0 Å². The minimum Gasteiger partial charge on any atom is -0.486 e. The molecule has 0 saturated carbocycles. The molecule has 1 unspecified atom stereocenters. The van der Waals surface area contributed by atoms with E-state index in [9.17, 15) is 0 Å². The molecule has 0 saturated heterocycles. The lowest BCUT2D eigenvalue weighted by Crippen LogP contribution is -2.42. The second-order valence-corrected chi connectivity index (χ2v) is 12.5. The zero-order valence-electron chi connectivity index (χ0n) is 26.9. The predicted octanol–water partition coefficient (Wildman–Crippen LogP) is 7.80. The lowest BCUT2D eigenvalue weighted by Gasteiger charge is -2.33. The van der Waals surface area contributed by atoms with Gasteiger partial charge < -0.3 is 9.47 Å². The molecule has 1 atom stereocenters. The van der Waals surface area contributed by atoms with Crippen molar-refractivity contribution in [3.8, 4) is 0 Å². The Kier molecular flexibility index (Phi) is 11.7. The zero-order chi connectivity index (χ0) is 31.2. The molecule has 0 radical (unpaired) electrons. The number of hydrogen-bond acceptors (Lipinski definition) is 5. The summed E-state index contributed by atoms with van der Waals surface area (Å²) in [6.07, 6.45) is 8.56. The standard InChI is InChI=1S/C41H47N3O2/c1-4-14-35(15-5-1)30-42-24-26-43(31-36-16-6-2-7-17-36)33-39-22-11-10-20-38(39)21-12-13-23-40-41(46-29-28-45-40)34-44(27-25-42)32-37-18-8-3-9-19-37/h1-11,14-20,22-23,28-29,41H,12-13,21,24-27,30-34H2. The third kappa shape index (κ3) is 9.67. The highest BCUT2D eigenvalue weighted by Gasteiger charge is 2.24. The number of aryl methyl sites for hydroxylation is 1. The van der Waals surface area contributed by atoms with Crippen LogP contribution in [0.5, 0.6) is 0 Å². The van der Waals surface area contributed by atoms with E-state index in [0.717, 1.165) is 83.9 Å². The molecule has 4 aromatic rings. The normalized spacial score (nSPS) is 19.1. The largest absolute Gasteiger partial charge is 0.486 e. The summed E-state index contributed by atoms with van der Waals surface area (Å²) in [5.41, 5.74) is 6.89. The maximum absolute atomic E-state index is 6.19. The zero-order valence-corrected chi connectivity index (χ0v) is 26.9. The van der Waals surface area contributed by atoms with Crippen LogP contribution < -0.4 is 0 Å². The minimum atomic E-state index is -0.124. The van der Waals surface area contributed by atoms with Crippen LogP contribution in [-0.4, -0.2) is 53.5 Å². The molecule has 6 rings (SSSR count). The number of fused-ring (bicyclic) bond motifs is 2. The number of ether oxygens (including phenoxy) is 2. The molecule has 0 spiro atoms. The summed E-state index contributed by atoms with van der Waals surface area (Å²) in [5, 5.41) is 0. The fraction of sp³-hybridized carbons (Fsp3) is 0.317. The van der Waals surface area contributed by atoms with Gasteiger partial charge in [0.05, 0.1) is 0 Å². The smallest absolute Gasteiger partial charge is 0.167 e. The third-order valence-electron chi connectivity index (χ3n) is 8.96. The number of benzene rings is 4. The molecule has 238 valence electrons. The van der Waals surface area contributed by atoms with Gasteiger partial charge in [-0.05, 0) is 53.2 Å². The summed E-state index contributed by atoms with van der Waals surface area (Å²) in [6.45, 7) is 8.30. The first-order chi connectivity index (χ1) is 22.8. The van der Waals surface area contributed by atoms with Crippen molar-refractivity contribution in [2.45, 2.75) is 51.5 Å². The highest BCUT2D eigenvalue weighted by atomic mass is 16.6. The maximum Gasteiger partial charge on any atom is 0.167 e. The Labute approximate surface area is 275 Å². The first kappa shape index (κ1) is 31.8. The molecule has 2 aliphatic heterocycles. The predicted molar refractivity (Wildman–Crippen MR) is 187 cm³/mol. The fourth-order valence-corrected chi connectivity index (χ4v) is 6.47. The molecule has 46 heavy (non-hydrogen) atoms. The lowest BCUT2D eigenvalue weighted by molar-refractivity contribution is 0.0491. The quantitative estimate of drug-likeness (QED) is 0.221. The van der Waals surface area contributed by atoms with Crippen LogP contribution in [0, 0.1) is 0 Å². The van der Waals surface area contributed by atoms with E-state index < -0.39 is 0 Å². The van der Waals surface area contributed by atoms with Crippen LogP contribution in [0.2, 0.25) is 0 Å². The number of nitrogens with zero attached hydrogens (tertiary/aromatic N) is 3. The fourth-order valence-electron chi connectivity index (χ4n) is 6.47. The van der Waals surface area contributed by atoms with Crippen molar-refractivity contribution < 1.29 is 9.47 Å². The van der Waals surface area contributed by atoms with E-state index in [1.54, 1.807) is 12.5 Å². The van der Waals surface area contributed by atoms with Gasteiger partial charge in [0.25, 0.3) is 0 Å². The maximum atomic E-state index is 6.19. The average Bonchev–Trinajstić information content (AvgIpc) is 3.10. The molecule has 0 aliphatic carbocycles. The van der Waals surface area contributed by atoms with Crippen molar-refractivity contribution in [2.75, 3.05) is 32.7 Å². The van der Waals surface area contributed by atoms with Gasteiger partial charge in [0.15, 0.2) is 6.10 Å². The summed E-state index contributed by atoms with van der Waals surface area (Å²) in [7, 11) is 0. The second kappa shape index (κ2) is 17.0. The summed E-state index contributed by atoms with van der Waals surface area (Å²) in [5.74, 6) is 0.924. The SMILES string of the molecule is C1=COC2CN(Cc3ccccc3)CCN(Cc3ccccc3)CCN(Cc3ccccc3)Cc3ccccc3CCCC=C2O1. The molecular weight excluding hydrogens is 566 g/mol. The molecule has 2 aliphatic rings. The highest BCUT2D eigenvalue weighted by molar-refractivity contribution is 5.28. The van der Waals surface area contributed by atoms with Crippen LogP contribution in [0.3, 0.4) is 0 Å². The summed E-state index contributed by atoms with van der Waals surface area (Å²) >= 11 is 0. The second-order valence-electron chi connectivity index (χ2n) is 12.5. The topological polar surface area (TPSA) is 28.2 Å². The van der Waals surface area contributed by atoms with Gasteiger partial charge in [0.1, 0.15) is 18.3 Å². The Balaban J connectivity index is 1.29. The summed E-state index contributed by atoms with van der Waals surface area (Å²) < 4.78 is 12.2. The summed E-state index contributed by atoms with van der Waals surface area (Å²) in [6, 6.07) is 41.6. The van der Waals surface area contributed by atoms with Crippen LogP contribution in [-0.2, 0) is 42.1 Å². The van der Waals surface area contributed by atoms with Gasteiger partial charge in [0, 0.05) is 58.9 Å². The Hall–Kier alpha value is -4.16. The van der Waals surface area contributed by atoms with E-state index >= 15 is 0 Å².